The van der Waals surface area contributed by atoms with Crippen LogP contribution in [0.5, 0.6) is 5.75 Å². The van der Waals surface area contributed by atoms with Crippen LogP contribution in [-0.4, -0.2) is 69.9 Å². The van der Waals surface area contributed by atoms with E-state index in [9.17, 15) is 20.1 Å². The first-order valence-electron chi connectivity index (χ1n) is 6.75. The fraction of sp³-hybridized carbons (Fsp3) is 0.429. The average molecular weight is 344 g/mol. The van der Waals surface area contributed by atoms with Crippen molar-refractivity contribution >= 4 is 29.3 Å². The molecule has 23 heavy (non-hydrogen) atoms. The molecule has 0 aliphatic rings. The lowest BCUT2D eigenvalue weighted by atomic mass is 10.0. The van der Waals surface area contributed by atoms with Gasteiger partial charge in [-0.25, -0.2) is 0 Å². The quantitative estimate of drug-likeness (QED) is 0.249. The summed E-state index contributed by atoms with van der Waals surface area (Å²) in [7, 11) is 1.49. The van der Waals surface area contributed by atoms with Crippen molar-refractivity contribution in [1.82, 2.24) is 5.32 Å². The summed E-state index contributed by atoms with van der Waals surface area (Å²) >= 11 is 5.04. The van der Waals surface area contributed by atoms with Gasteiger partial charge in [-0.3, -0.25) is 0 Å². The number of nitrogens with one attached hydrogen (secondary N) is 2. The summed E-state index contributed by atoms with van der Waals surface area (Å²) in [6, 6.07) is 5.65. The Balaban J connectivity index is 2.71. The molecular formula is C14H20N2O6S. The Labute approximate surface area is 138 Å². The molecule has 6 N–H and O–H groups in total. The number of carbonyl (C=O) groups is 1. The van der Waals surface area contributed by atoms with E-state index in [4.69, 9.17) is 22.1 Å². The molecule has 0 fully saturated rings. The number of aliphatic hydroxyl groups excluding tert-OH is 4. The zero-order valence-corrected chi connectivity index (χ0v) is 13.2. The van der Waals surface area contributed by atoms with Gasteiger partial charge in [0.05, 0.1) is 19.4 Å². The zero-order chi connectivity index (χ0) is 17.4. The van der Waals surface area contributed by atoms with E-state index < -0.39 is 31.0 Å². The maximum absolute atomic E-state index is 11.1. The van der Waals surface area contributed by atoms with Gasteiger partial charge in [0.1, 0.15) is 36.4 Å². The fourth-order valence-corrected chi connectivity index (χ4v) is 2.05. The summed E-state index contributed by atoms with van der Waals surface area (Å²) in [5, 5.41) is 42.9. The van der Waals surface area contributed by atoms with Crippen LogP contribution in [0.25, 0.3) is 0 Å². The molecular weight excluding hydrogens is 324 g/mol. The molecule has 0 amide bonds. The molecule has 0 radical (unpaired) electrons. The van der Waals surface area contributed by atoms with Gasteiger partial charge in [-0.2, -0.15) is 0 Å². The van der Waals surface area contributed by atoms with Crippen LogP contribution in [0, 0.1) is 0 Å². The van der Waals surface area contributed by atoms with Gasteiger partial charge in [-0.1, -0.05) is 12.1 Å². The lowest BCUT2D eigenvalue weighted by Crippen LogP contribution is -2.54. The molecule has 0 aliphatic carbocycles. The van der Waals surface area contributed by atoms with Crippen molar-refractivity contribution in [2.24, 2.45) is 0 Å². The zero-order valence-electron chi connectivity index (χ0n) is 12.4. The van der Waals surface area contributed by atoms with Crippen LogP contribution in [0.1, 0.15) is 0 Å². The van der Waals surface area contributed by atoms with Crippen LogP contribution in [0.15, 0.2) is 24.3 Å². The smallest absolute Gasteiger partial charge is 0.171 e. The highest BCUT2D eigenvalue weighted by Crippen LogP contribution is 2.22. The Morgan fingerprint density at radius 1 is 1.30 bits per heavy atom. The Morgan fingerprint density at radius 3 is 2.52 bits per heavy atom. The summed E-state index contributed by atoms with van der Waals surface area (Å²) in [5.41, 5.74) is 0.544. The third-order valence-corrected chi connectivity index (χ3v) is 3.32. The predicted molar refractivity (Wildman–Crippen MR) is 87.3 cm³/mol. The molecule has 1 aromatic rings. The number of rotatable bonds is 8. The molecule has 0 bridgehead atoms. The molecule has 4 atom stereocenters. The SMILES string of the molecule is COc1ccccc1NC(=S)N[C@@H](C=O)[C@@H](O)[C@H](O)[C@H](O)CO. The van der Waals surface area contributed by atoms with Crippen molar-refractivity contribution in [3.63, 3.8) is 0 Å². The molecule has 9 heteroatoms. The van der Waals surface area contributed by atoms with E-state index >= 15 is 0 Å². The number of para-hydroxylation sites is 2. The first kappa shape index (κ1) is 19.3. The predicted octanol–water partition coefficient (Wildman–Crippen LogP) is -1.38. The summed E-state index contributed by atoms with van der Waals surface area (Å²) in [6.07, 6.45) is -4.61. The van der Waals surface area contributed by atoms with E-state index in [0.717, 1.165) is 0 Å². The standard InChI is InChI=1S/C14H20N2O6S/c1-22-11-5-3-2-4-8(11)15-14(23)16-9(6-17)12(20)13(21)10(19)7-18/h2-6,9-10,12-13,18-21H,7H2,1H3,(H2,15,16,23)/t9-,10+,12+,13+/m0/s1. The summed E-state index contributed by atoms with van der Waals surface area (Å²) < 4.78 is 5.14. The number of benzene rings is 1. The number of hydrogen-bond acceptors (Lipinski definition) is 7. The van der Waals surface area contributed by atoms with Crippen LogP contribution < -0.4 is 15.4 Å². The first-order chi connectivity index (χ1) is 10.9. The minimum absolute atomic E-state index is 0.0105. The van der Waals surface area contributed by atoms with Crippen LogP contribution in [0.2, 0.25) is 0 Å². The molecule has 128 valence electrons. The highest BCUT2D eigenvalue weighted by molar-refractivity contribution is 7.80. The summed E-state index contributed by atoms with van der Waals surface area (Å²) in [6.45, 7) is -0.756. The van der Waals surface area contributed by atoms with Crippen LogP contribution in [0.3, 0.4) is 0 Å². The second-order valence-corrected chi connectivity index (χ2v) is 5.10. The topological polar surface area (TPSA) is 131 Å². The van der Waals surface area contributed by atoms with E-state index in [1.807, 2.05) is 0 Å². The minimum Gasteiger partial charge on any atom is -0.495 e. The van der Waals surface area contributed by atoms with Gasteiger partial charge in [0.25, 0.3) is 0 Å². The Kier molecular flexibility index (Phi) is 7.86. The molecule has 0 aliphatic heterocycles. The van der Waals surface area contributed by atoms with Crippen LogP contribution in [0.4, 0.5) is 5.69 Å². The lowest BCUT2D eigenvalue weighted by Gasteiger charge is -2.27. The van der Waals surface area contributed by atoms with Gasteiger partial charge in [-0.05, 0) is 24.4 Å². The third-order valence-electron chi connectivity index (χ3n) is 3.10. The third kappa shape index (κ3) is 5.41. The second-order valence-electron chi connectivity index (χ2n) is 4.69. The van der Waals surface area contributed by atoms with E-state index in [0.29, 0.717) is 17.7 Å². The monoisotopic (exact) mass is 344 g/mol. The number of aliphatic hydroxyl groups is 4. The number of methoxy groups -OCH3 is 1. The second kappa shape index (κ2) is 9.38. The van der Waals surface area contributed by atoms with Gasteiger partial charge in [0.2, 0.25) is 0 Å². The molecule has 1 aromatic carbocycles. The summed E-state index contributed by atoms with van der Waals surface area (Å²) in [5.74, 6) is 0.524. The number of ether oxygens (including phenoxy) is 1. The van der Waals surface area contributed by atoms with E-state index in [1.54, 1.807) is 24.3 Å². The van der Waals surface area contributed by atoms with Crippen LogP contribution in [-0.2, 0) is 4.79 Å². The molecule has 0 spiro atoms. The Bertz CT molecular complexity index is 530. The maximum atomic E-state index is 11.1. The molecule has 0 saturated heterocycles. The number of aldehydes is 1. The van der Waals surface area contributed by atoms with Crippen molar-refractivity contribution in [2.75, 3.05) is 19.0 Å². The molecule has 0 saturated carbocycles. The van der Waals surface area contributed by atoms with Gasteiger partial charge in [0, 0.05) is 0 Å². The van der Waals surface area contributed by atoms with E-state index in [1.165, 1.54) is 7.11 Å². The van der Waals surface area contributed by atoms with Crippen molar-refractivity contribution in [1.29, 1.82) is 0 Å². The lowest BCUT2D eigenvalue weighted by molar-refractivity contribution is -0.119. The Hall–Kier alpha value is -1.78. The largest absolute Gasteiger partial charge is 0.495 e. The normalized spacial score (nSPS) is 15.9. The highest BCUT2D eigenvalue weighted by Gasteiger charge is 2.31. The molecule has 0 aromatic heterocycles. The minimum atomic E-state index is -1.71. The van der Waals surface area contributed by atoms with E-state index in [2.05, 4.69) is 10.6 Å². The Morgan fingerprint density at radius 2 is 1.96 bits per heavy atom. The number of hydrogen-bond donors (Lipinski definition) is 6. The van der Waals surface area contributed by atoms with Crippen molar-refractivity contribution in [3.05, 3.63) is 24.3 Å². The average Bonchev–Trinajstić information content (AvgIpc) is 2.58. The molecule has 0 heterocycles. The fourth-order valence-electron chi connectivity index (χ4n) is 1.81. The van der Waals surface area contributed by atoms with Gasteiger partial charge in [-0.15, -0.1) is 0 Å². The van der Waals surface area contributed by atoms with Crippen molar-refractivity contribution in [2.45, 2.75) is 24.4 Å². The van der Waals surface area contributed by atoms with Crippen LogP contribution >= 0.6 is 12.2 Å². The van der Waals surface area contributed by atoms with Gasteiger partial charge in [0.15, 0.2) is 5.11 Å². The number of carbonyl (C=O) groups excluding carboxylic acids is 1. The number of thiocarbonyl (C=S) groups is 1. The van der Waals surface area contributed by atoms with Crippen molar-refractivity contribution in [3.8, 4) is 5.75 Å². The summed E-state index contributed by atoms with van der Waals surface area (Å²) in [4.78, 5) is 11.1. The molecule has 1 rings (SSSR count). The maximum Gasteiger partial charge on any atom is 0.171 e. The van der Waals surface area contributed by atoms with Crippen molar-refractivity contribution < 1.29 is 30.0 Å². The molecule has 0 unspecified atom stereocenters. The molecule has 8 nitrogen and oxygen atoms in total. The van der Waals surface area contributed by atoms with E-state index in [-0.39, 0.29) is 5.11 Å². The number of anilines is 1. The highest BCUT2D eigenvalue weighted by atomic mass is 32.1. The first-order valence-corrected chi connectivity index (χ1v) is 7.16. The van der Waals surface area contributed by atoms with Gasteiger partial charge < -0.3 is 40.6 Å². The van der Waals surface area contributed by atoms with Gasteiger partial charge >= 0.3 is 0 Å².